The van der Waals surface area contributed by atoms with E-state index in [0.29, 0.717) is 6.54 Å². The van der Waals surface area contributed by atoms with Crippen LogP contribution in [0.25, 0.3) is 0 Å². The van der Waals surface area contributed by atoms with Gasteiger partial charge in [0.1, 0.15) is 0 Å². The Bertz CT molecular complexity index is 522. The molecule has 3 nitrogen and oxygen atoms in total. The normalized spacial score (nSPS) is 20.7. The second-order valence-corrected chi connectivity index (χ2v) is 7.64. The van der Waals surface area contributed by atoms with Crippen molar-refractivity contribution in [3.8, 4) is 11.5 Å². The van der Waals surface area contributed by atoms with Crippen LogP contribution in [0.3, 0.4) is 0 Å². The van der Waals surface area contributed by atoms with E-state index >= 15 is 0 Å². The quantitative estimate of drug-likeness (QED) is 0.809. The first-order valence-electron chi connectivity index (χ1n) is 8.39. The van der Waals surface area contributed by atoms with Crippen LogP contribution in [0.5, 0.6) is 11.5 Å². The Kier molecular flexibility index (Phi) is 4.98. The standard InChI is InChI=1S/C18H26BrNO2/c1-21-17-15(19)9-14(10-16(17)22-11-13-5-6-13)18(12-20)7-3-2-4-8-18/h9-10,13H,2-8,11-12,20H2,1H3. The second kappa shape index (κ2) is 6.79. The van der Waals surface area contributed by atoms with Gasteiger partial charge in [0.2, 0.25) is 0 Å². The van der Waals surface area contributed by atoms with Crippen LogP contribution in [0.4, 0.5) is 0 Å². The highest BCUT2D eigenvalue weighted by atomic mass is 79.9. The molecule has 0 spiro atoms. The van der Waals surface area contributed by atoms with Crippen LogP contribution < -0.4 is 15.2 Å². The van der Waals surface area contributed by atoms with Gasteiger partial charge in [0.25, 0.3) is 0 Å². The number of halogens is 1. The molecule has 2 saturated carbocycles. The molecule has 0 amide bonds. The highest BCUT2D eigenvalue weighted by Gasteiger charge is 2.34. The van der Waals surface area contributed by atoms with Crippen LogP contribution in [0.15, 0.2) is 16.6 Å². The van der Waals surface area contributed by atoms with Gasteiger partial charge >= 0.3 is 0 Å². The Morgan fingerprint density at radius 2 is 1.95 bits per heavy atom. The molecule has 0 aromatic heterocycles. The van der Waals surface area contributed by atoms with Crippen LogP contribution in [-0.2, 0) is 5.41 Å². The minimum Gasteiger partial charge on any atom is -0.492 e. The predicted octanol–water partition coefficient (Wildman–Crippen LogP) is 4.41. The summed E-state index contributed by atoms with van der Waals surface area (Å²) in [5.74, 6) is 2.38. The van der Waals surface area contributed by atoms with E-state index in [9.17, 15) is 0 Å². The molecule has 1 aromatic rings. The molecule has 2 aliphatic carbocycles. The molecule has 0 unspecified atom stereocenters. The van der Waals surface area contributed by atoms with Crippen LogP contribution >= 0.6 is 15.9 Å². The van der Waals surface area contributed by atoms with Crippen molar-refractivity contribution in [1.29, 1.82) is 0 Å². The van der Waals surface area contributed by atoms with Gasteiger partial charge in [-0.2, -0.15) is 0 Å². The first-order valence-corrected chi connectivity index (χ1v) is 9.19. The Morgan fingerprint density at radius 1 is 1.23 bits per heavy atom. The van der Waals surface area contributed by atoms with Gasteiger partial charge in [-0.1, -0.05) is 19.3 Å². The molecule has 0 atom stereocenters. The Balaban J connectivity index is 1.92. The molecule has 22 heavy (non-hydrogen) atoms. The van der Waals surface area contributed by atoms with Crippen LogP contribution in [-0.4, -0.2) is 20.3 Å². The van der Waals surface area contributed by atoms with Crippen molar-refractivity contribution in [2.45, 2.75) is 50.4 Å². The molecule has 122 valence electrons. The summed E-state index contributed by atoms with van der Waals surface area (Å²) < 4.78 is 12.6. The van der Waals surface area contributed by atoms with Gasteiger partial charge < -0.3 is 15.2 Å². The average Bonchev–Trinajstić information content (AvgIpc) is 3.37. The first-order chi connectivity index (χ1) is 10.7. The van der Waals surface area contributed by atoms with Gasteiger partial charge in [-0.15, -0.1) is 0 Å². The third-order valence-electron chi connectivity index (χ3n) is 5.20. The summed E-state index contributed by atoms with van der Waals surface area (Å²) in [5.41, 5.74) is 7.59. The van der Waals surface area contributed by atoms with Gasteiger partial charge in [-0.25, -0.2) is 0 Å². The summed E-state index contributed by atoms with van der Waals surface area (Å²) >= 11 is 3.65. The molecule has 0 heterocycles. The zero-order chi connectivity index (χ0) is 15.6. The van der Waals surface area contributed by atoms with Gasteiger partial charge in [0, 0.05) is 12.0 Å². The van der Waals surface area contributed by atoms with E-state index in [-0.39, 0.29) is 5.41 Å². The largest absolute Gasteiger partial charge is 0.492 e. The Hall–Kier alpha value is -0.740. The van der Waals surface area contributed by atoms with E-state index < -0.39 is 0 Å². The summed E-state index contributed by atoms with van der Waals surface area (Å²) in [6.07, 6.45) is 8.77. The molecule has 2 N–H and O–H groups in total. The highest BCUT2D eigenvalue weighted by Crippen LogP contribution is 2.45. The summed E-state index contributed by atoms with van der Waals surface area (Å²) in [7, 11) is 1.70. The maximum absolute atomic E-state index is 6.19. The highest BCUT2D eigenvalue weighted by molar-refractivity contribution is 9.10. The molecular formula is C18H26BrNO2. The maximum atomic E-state index is 6.19. The average molecular weight is 368 g/mol. The molecule has 3 rings (SSSR count). The van der Waals surface area contributed by atoms with Crippen molar-refractivity contribution in [3.63, 3.8) is 0 Å². The van der Waals surface area contributed by atoms with Crippen molar-refractivity contribution in [1.82, 2.24) is 0 Å². The van der Waals surface area contributed by atoms with Gasteiger partial charge in [0.05, 0.1) is 18.2 Å². The minimum absolute atomic E-state index is 0.102. The second-order valence-electron chi connectivity index (χ2n) is 6.79. The van der Waals surface area contributed by atoms with Crippen LogP contribution in [0.2, 0.25) is 0 Å². The fourth-order valence-corrected chi connectivity index (χ4v) is 4.11. The lowest BCUT2D eigenvalue weighted by Crippen LogP contribution is -2.37. The summed E-state index contributed by atoms with van der Waals surface area (Å²) in [5, 5.41) is 0. The van der Waals surface area contributed by atoms with Crippen molar-refractivity contribution < 1.29 is 9.47 Å². The van der Waals surface area contributed by atoms with E-state index in [2.05, 4.69) is 28.1 Å². The zero-order valence-corrected chi connectivity index (χ0v) is 15.0. The number of hydrogen-bond acceptors (Lipinski definition) is 3. The van der Waals surface area contributed by atoms with E-state index in [1.165, 1.54) is 50.5 Å². The molecule has 2 aliphatic rings. The number of nitrogens with two attached hydrogens (primary N) is 1. The predicted molar refractivity (Wildman–Crippen MR) is 92.7 cm³/mol. The molecule has 0 radical (unpaired) electrons. The smallest absolute Gasteiger partial charge is 0.174 e. The molecule has 4 heteroatoms. The van der Waals surface area contributed by atoms with E-state index in [1.54, 1.807) is 7.11 Å². The lowest BCUT2D eigenvalue weighted by atomic mass is 9.69. The SMILES string of the molecule is COc1c(Br)cc(C2(CN)CCCCC2)cc1OCC1CC1. The summed E-state index contributed by atoms with van der Waals surface area (Å²) in [6.45, 7) is 1.50. The molecular weight excluding hydrogens is 342 g/mol. The molecule has 1 aromatic carbocycles. The lowest BCUT2D eigenvalue weighted by molar-refractivity contribution is 0.273. The van der Waals surface area contributed by atoms with E-state index in [0.717, 1.165) is 28.5 Å². The maximum Gasteiger partial charge on any atom is 0.174 e. The Morgan fingerprint density at radius 3 is 2.55 bits per heavy atom. The van der Waals surface area contributed by atoms with Crippen molar-refractivity contribution in [2.75, 3.05) is 20.3 Å². The minimum atomic E-state index is 0.102. The fourth-order valence-electron chi connectivity index (χ4n) is 3.51. The van der Waals surface area contributed by atoms with E-state index in [1.807, 2.05) is 0 Å². The van der Waals surface area contributed by atoms with Crippen LogP contribution in [0.1, 0.15) is 50.5 Å². The monoisotopic (exact) mass is 367 g/mol. The Labute approximate surface area is 141 Å². The van der Waals surface area contributed by atoms with Crippen molar-refractivity contribution >= 4 is 15.9 Å². The van der Waals surface area contributed by atoms with E-state index in [4.69, 9.17) is 15.2 Å². The number of hydrogen-bond donors (Lipinski definition) is 1. The molecule has 0 bridgehead atoms. The third kappa shape index (κ3) is 3.28. The topological polar surface area (TPSA) is 44.5 Å². The molecule has 0 saturated heterocycles. The lowest BCUT2D eigenvalue weighted by Gasteiger charge is -2.37. The number of ether oxygens (including phenoxy) is 2. The van der Waals surface area contributed by atoms with Crippen molar-refractivity contribution in [3.05, 3.63) is 22.2 Å². The third-order valence-corrected chi connectivity index (χ3v) is 5.79. The zero-order valence-electron chi connectivity index (χ0n) is 13.4. The van der Waals surface area contributed by atoms with Crippen LogP contribution in [0, 0.1) is 5.92 Å². The summed E-state index contributed by atoms with van der Waals surface area (Å²) in [4.78, 5) is 0. The number of benzene rings is 1. The van der Waals surface area contributed by atoms with Gasteiger partial charge in [-0.05, 0) is 65.2 Å². The molecule has 2 fully saturated rings. The first kappa shape index (κ1) is 16.1. The number of rotatable bonds is 6. The summed E-state index contributed by atoms with van der Waals surface area (Å²) in [6, 6.07) is 4.35. The van der Waals surface area contributed by atoms with Gasteiger partial charge in [-0.3, -0.25) is 0 Å². The van der Waals surface area contributed by atoms with Crippen molar-refractivity contribution in [2.24, 2.45) is 11.7 Å². The molecule has 0 aliphatic heterocycles. The fraction of sp³-hybridized carbons (Fsp3) is 0.667. The number of methoxy groups -OCH3 is 1. The van der Waals surface area contributed by atoms with Gasteiger partial charge in [0.15, 0.2) is 11.5 Å².